The molecule has 0 aliphatic carbocycles. The number of benzene rings is 1. The molecule has 0 aliphatic heterocycles. The van der Waals surface area contributed by atoms with Gasteiger partial charge in [0.05, 0.1) is 6.54 Å². The first-order valence-electron chi connectivity index (χ1n) is 6.88. The van der Waals surface area contributed by atoms with Crippen molar-refractivity contribution in [1.29, 1.82) is 0 Å². The van der Waals surface area contributed by atoms with Gasteiger partial charge in [0.1, 0.15) is 10.0 Å². The first kappa shape index (κ1) is 14.0. The van der Waals surface area contributed by atoms with Crippen molar-refractivity contribution in [3.05, 3.63) is 39.3 Å². The second-order valence-corrected chi connectivity index (χ2v) is 5.80. The Hall–Kier alpha value is -1.42. The van der Waals surface area contributed by atoms with E-state index in [2.05, 4.69) is 54.5 Å². The fourth-order valence-electron chi connectivity index (χ4n) is 2.11. The average molecular weight is 275 g/mol. The summed E-state index contributed by atoms with van der Waals surface area (Å²) >= 11 is 1.71. The lowest BCUT2D eigenvalue weighted by atomic mass is 10.1. The van der Waals surface area contributed by atoms with Crippen molar-refractivity contribution in [2.45, 2.75) is 46.6 Å². The minimum Gasteiger partial charge on any atom is -0.378 e. The third-order valence-corrected chi connectivity index (χ3v) is 4.11. The van der Waals surface area contributed by atoms with Crippen molar-refractivity contribution in [2.24, 2.45) is 0 Å². The molecule has 0 bridgehead atoms. The molecule has 1 aromatic heterocycles. The molecule has 3 nitrogen and oxygen atoms in total. The first-order valence-corrected chi connectivity index (χ1v) is 7.69. The van der Waals surface area contributed by atoms with Crippen LogP contribution in [0.25, 0.3) is 0 Å². The van der Waals surface area contributed by atoms with Crippen LogP contribution in [-0.2, 0) is 19.4 Å². The Morgan fingerprint density at radius 1 is 1.16 bits per heavy atom. The zero-order chi connectivity index (χ0) is 13.7. The van der Waals surface area contributed by atoms with Gasteiger partial charge < -0.3 is 5.32 Å². The van der Waals surface area contributed by atoms with Crippen LogP contribution < -0.4 is 5.32 Å². The van der Waals surface area contributed by atoms with E-state index in [0.29, 0.717) is 0 Å². The molecule has 4 heteroatoms. The minimum absolute atomic E-state index is 0.763. The molecular weight excluding hydrogens is 254 g/mol. The normalized spacial score (nSPS) is 10.7. The van der Waals surface area contributed by atoms with Crippen LogP contribution in [0.2, 0.25) is 0 Å². The van der Waals surface area contributed by atoms with E-state index in [4.69, 9.17) is 0 Å². The Labute approximate surface area is 119 Å². The highest BCUT2D eigenvalue weighted by Crippen LogP contribution is 2.22. The van der Waals surface area contributed by atoms with Gasteiger partial charge in [0.15, 0.2) is 0 Å². The first-order chi connectivity index (χ1) is 9.24. The van der Waals surface area contributed by atoms with E-state index in [-0.39, 0.29) is 0 Å². The Kier molecular flexibility index (Phi) is 4.91. The molecule has 0 atom stereocenters. The Morgan fingerprint density at radius 2 is 1.95 bits per heavy atom. The molecule has 2 rings (SSSR count). The molecule has 102 valence electrons. The standard InChI is InChI=1S/C15H21N3S/c1-4-7-13-17-18-14(19-13)10-16-15-11(3)8-6-9-12(15)5-2/h6,8-9,16H,4-5,7,10H2,1-3H3. The molecule has 0 saturated carbocycles. The second-order valence-electron chi connectivity index (χ2n) is 4.66. The molecule has 0 spiro atoms. The smallest absolute Gasteiger partial charge is 0.136 e. The highest BCUT2D eigenvalue weighted by atomic mass is 32.1. The molecule has 1 heterocycles. The number of hydrogen-bond acceptors (Lipinski definition) is 4. The third-order valence-electron chi connectivity index (χ3n) is 3.13. The van der Waals surface area contributed by atoms with Crippen molar-refractivity contribution < 1.29 is 0 Å². The molecule has 0 amide bonds. The number of aromatic nitrogens is 2. The molecule has 0 fully saturated rings. The fourth-order valence-corrected chi connectivity index (χ4v) is 3.00. The third kappa shape index (κ3) is 3.53. The van der Waals surface area contributed by atoms with Gasteiger partial charge in [-0.2, -0.15) is 0 Å². The summed E-state index contributed by atoms with van der Waals surface area (Å²) in [6.45, 7) is 7.26. The highest BCUT2D eigenvalue weighted by Gasteiger charge is 2.06. The van der Waals surface area contributed by atoms with E-state index in [1.807, 2.05) is 0 Å². The van der Waals surface area contributed by atoms with Crippen LogP contribution in [-0.4, -0.2) is 10.2 Å². The van der Waals surface area contributed by atoms with E-state index >= 15 is 0 Å². The van der Waals surface area contributed by atoms with Crippen molar-refractivity contribution in [1.82, 2.24) is 10.2 Å². The van der Waals surface area contributed by atoms with Gasteiger partial charge in [0, 0.05) is 12.1 Å². The van der Waals surface area contributed by atoms with Gasteiger partial charge in [0.2, 0.25) is 0 Å². The van der Waals surface area contributed by atoms with Crippen LogP contribution in [0.1, 0.15) is 41.4 Å². The maximum absolute atomic E-state index is 4.24. The van der Waals surface area contributed by atoms with Gasteiger partial charge in [0.25, 0.3) is 0 Å². The van der Waals surface area contributed by atoms with E-state index in [9.17, 15) is 0 Å². The number of nitrogens with zero attached hydrogens (tertiary/aromatic N) is 2. The number of rotatable bonds is 6. The molecule has 0 saturated heterocycles. The summed E-state index contributed by atoms with van der Waals surface area (Å²) in [6.07, 6.45) is 3.20. The molecule has 19 heavy (non-hydrogen) atoms. The number of aryl methyl sites for hydroxylation is 3. The monoisotopic (exact) mass is 275 g/mol. The molecular formula is C15H21N3S. The van der Waals surface area contributed by atoms with Gasteiger partial charge >= 0.3 is 0 Å². The summed E-state index contributed by atoms with van der Waals surface area (Å²) in [4.78, 5) is 0. The van der Waals surface area contributed by atoms with Crippen LogP contribution in [0.15, 0.2) is 18.2 Å². The lowest BCUT2D eigenvalue weighted by Crippen LogP contribution is -2.03. The summed E-state index contributed by atoms with van der Waals surface area (Å²) in [5.41, 5.74) is 3.90. The van der Waals surface area contributed by atoms with E-state index in [0.717, 1.165) is 35.8 Å². The Bertz CT molecular complexity index is 534. The predicted molar refractivity (Wildman–Crippen MR) is 81.8 cm³/mol. The quantitative estimate of drug-likeness (QED) is 0.866. The molecule has 0 unspecified atom stereocenters. The zero-order valence-corrected chi connectivity index (χ0v) is 12.7. The number of anilines is 1. The van der Waals surface area contributed by atoms with Crippen LogP contribution in [0.5, 0.6) is 0 Å². The van der Waals surface area contributed by atoms with Crippen LogP contribution >= 0.6 is 11.3 Å². The molecule has 1 aromatic carbocycles. The lowest BCUT2D eigenvalue weighted by molar-refractivity contribution is 0.867. The summed E-state index contributed by atoms with van der Waals surface area (Å²) in [5.74, 6) is 0. The maximum Gasteiger partial charge on any atom is 0.136 e. The number of nitrogens with one attached hydrogen (secondary N) is 1. The molecule has 2 aromatic rings. The molecule has 1 N–H and O–H groups in total. The van der Waals surface area contributed by atoms with Crippen molar-refractivity contribution in [2.75, 3.05) is 5.32 Å². The summed E-state index contributed by atoms with van der Waals surface area (Å²) in [5, 5.41) is 14.2. The van der Waals surface area contributed by atoms with Crippen molar-refractivity contribution in [3.8, 4) is 0 Å². The summed E-state index contributed by atoms with van der Waals surface area (Å²) in [7, 11) is 0. The highest BCUT2D eigenvalue weighted by molar-refractivity contribution is 7.11. The lowest BCUT2D eigenvalue weighted by Gasteiger charge is -2.12. The van der Waals surface area contributed by atoms with Gasteiger partial charge in [-0.05, 0) is 30.9 Å². The van der Waals surface area contributed by atoms with Gasteiger partial charge in [-0.15, -0.1) is 10.2 Å². The average Bonchev–Trinajstić information content (AvgIpc) is 2.85. The SMILES string of the molecule is CCCc1nnc(CNc2c(C)cccc2CC)s1. The van der Waals surface area contributed by atoms with Gasteiger partial charge in [-0.25, -0.2) is 0 Å². The summed E-state index contributed by atoms with van der Waals surface area (Å²) < 4.78 is 0. The summed E-state index contributed by atoms with van der Waals surface area (Å²) in [6, 6.07) is 6.44. The number of para-hydroxylation sites is 1. The predicted octanol–water partition coefficient (Wildman–Crippen LogP) is 3.97. The van der Waals surface area contributed by atoms with Crippen molar-refractivity contribution in [3.63, 3.8) is 0 Å². The van der Waals surface area contributed by atoms with Gasteiger partial charge in [-0.1, -0.05) is 43.4 Å². The van der Waals surface area contributed by atoms with E-state index in [1.165, 1.54) is 16.8 Å². The van der Waals surface area contributed by atoms with Crippen LogP contribution in [0.4, 0.5) is 5.69 Å². The molecule has 0 radical (unpaired) electrons. The Morgan fingerprint density at radius 3 is 2.68 bits per heavy atom. The topological polar surface area (TPSA) is 37.8 Å². The van der Waals surface area contributed by atoms with E-state index in [1.54, 1.807) is 11.3 Å². The number of hydrogen-bond donors (Lipinski definition) is 1. The van der Waals surface area contributed by atoms with Gasteiger partial charge in [-0.3, -0.25) is 0 Å². The van der Waals surface area contributed by atoms with Crippen LogP contribution in [0, 0.1) is 6.92 Å². The largest absolute Gasteiger partial charge is 0.378 e. The Balaban J connectivity index is 2.05. The van der Waals surface area contributed by atoms with E-state index < -0.39 is 0 Å². The minimum atomic E-state index is 0.763. The van der Waals surface area contributed by atoms with Crippen LogP contribution in [0.3, 0.4) is 0 Å². The second kappa shape index (κ2) is 6.66. The molecule has 0 aliphatic rings. The fraction of sp³-hybridized carbons (Fsp3) is 0.467. The maximum atomic E-state index is 4.24. The zero-order valence-electron chi connectivity index (χ0n) is 11.9. The van der Waals surface area contributed by atoms with Crippen molar-refractivity contribution >= 4 is 17.0 Å².